The zero-order chi connectivity index (χ0) is 15.9. The third-order valence-corrected chi connectivity index (χ3v) is 4.72. The molecule has 1 rings (SSSR count). The Balaban J connectivity index is 3.21. The zero-order valence-corrected chi connectivity index (χ0v) is 13.2. The number of terminal acetylenes is 1. The van der Waals surface area contributed by atoms with Crippen LogP contribution in [0, 0.1) is 12.3 Å². The Morgan fingerprint density at radius 1 is 1.38 bits per heavy atom. The number of aliphatic hydroxyl groups excluding tert-OH is 1. The average molecular weight is 311 g/mol. The molecular formula is C15H21NO4S. The standard InChI is InChI=1S/C15H21NO4S/c1-4-9-16(10-5-2)21(18,19)14-7-8-15(20-6-3)13(11-14)12-17/h1,7-8,11,17H,5-6,9-10,12H2,2-3H3. The Morgan fingerprint density at radius 2 is 2.10 bits per heavy atom. The van der Waals surface area contributed by atoms with Crippen molar-refractivity contribution < 1.29 is 18.3 Å². The lowest BCUT2D eigenvalue weighted by Crippen LogP contribution is -2.32. The SMILES string of the molecule is C#CCN(CCC)S(=O)(=O)c1ccc(OCC)c(CO)c1. The van der Waals surface area contributed by atoms with Gasteiger partial charge in [0.05, 0.1) is 24.7 Å². The molecule has 0 fully saturated rings. The third-order valence-electron chi connectivity index (χ3n) is 2.88. The van der Waals surface area contributed by atoms with E-state index in [1.54, 1.807) is 6.07 Å². The number of nitrogens with zero attached hydrogens (tertiary/aromatic N) is 1. The maximum absolute atomic E-state index is 12.6. The Kier molecular flexibility index (Phi) is 6.69. The van der Waals surface area contributed by atoms with Crippen molar-refractivity contribution in [2.24, 2.45) is 0 Å². The maximum Gasteiger partial charge on any atom is 0.243 e. The summed E-state index contributed by atoms with van der Waals surface area (Å²) in [6, 6.07) is 4.46. The van der Waals surface area contributed by atoms with E-state index in [-0.39, 0.29) is 18.0 Å². The molecule has 0 aliphatic heterocycles. The van der Waals surface area contributed by atoms with Crippen LogP contribution in [0.4, 0.5) is 0 Å². The second-order valence-electron chi connectivity index (χ2n) is 4.40. The molecule has 0 radical (unpaired) electrons. The molecular weight excluding hydrogens is 290 g/mol. The van der Waals surface area contributed by atoms with Gasteiger partial charge in [0, 0.05) is 12.1 Å². The Bertz CT molecular complexity index is 605. The molecule has 0 heterocycles. The van der Waals surface area contributed by atoms with E-state index in [0.717, 1.165) is 0 Å². The Morgan fingerprint density at radius 3 is 2.62 bits per heavy atom. The number of rotatable bonds is 8. The monoisotopic (exact) mass is 311 g/mol. The average Bonchev–Trinajstić information content (AvgIpc) is 2.47. The van der Waals surface area contributed by atoms with Gasteiger partial charge in [-0.3, -0.25) is 0 Å². The van der Waals surface area contributed by atoms with Gasteiger partial charge >= 0.3 is 0 Å². The van der Waals surface area contributed by atoms with Crippen molar-refractivity contribution >= 4 is 10.0 Å². The lowest BCUT2D eigenvalue weighted by molar-refractivity contribution is 0.266. The van der Waals surface area contributed by atoms with E-state index in [1.165, 1.54) is 16.4 Å². The van der Waals surface area contributed by atoms with Crippen LogP contribution >= 0.6 is 0 Å². The first-order valence-corrected chi connectivity index (χ1v) is 8.25. The fraction of sp³-hybridized carbons (Fsp3) is 0.467. The summed E-state index contributed by atoms with van der Waals surface area (Å²) in [4.78, 5) is 0.110. The zero-order valence-electron chi connectivity index (χ0n) is 12.4. The number of sulfonamides is 1. The number of benzene rings is 1. The number of hydrogen-bond donors (Lipinski definition) is 1. The minimum absolute atomic E-state index is 0.0256. The topological polar surface area (TPSA) is 66.8 Å². The first-order chi connectivity index (χ1) is 10.0. The highest BCUT2D eigenvalue weighted by Gasteiger charge is 2.24. The summed E-state index contributed by atoms with van der Waals surface area (Å²) in [6.45, 7) is 4.24. The molecule has 0 aliphatic carbocycles. The first kappa shape index (κ1) is 17.5. The largest absolute Gasteiger partial charge is 0.494 e. The Labute approximate surface area is 126 Å². The van der Waals surface area contributed by atoms with Crippen molar-refractivity contribution in [3.05, 3.63) is 23.8 Å². The first-order valence-electron chi connectivity index (χ1n) is 6.81. The summed E-state index contributed by atoms with van der Waals surface area (Å²) in [6.07, 6.45) is 5.91. The molecule has 1 aromatic carbocycles. The highest BCUT2D eigenvalue weighted by molar-refractivity contribution is 7.89. The molecule has 0 atom stereocenters. The molecule has 0 unspecified atom stereocenters. The molecule has 0 spiro atoms. The van der Waals surface area contributed by atoms with Crippen LogP contribution in [0.25, 0.3) is 0 Å². The third kappa shape index (κ3) is 4.21. The molecule has 1 aromatic rings. The molecule has 21 heavy (non-hydrogen) atoms. The van der Waals surface area contributed by atoms with Gasteiger partial charge in [0.25, 0.3) is 0 Å². The molecule has 0 saturated carbocycles. The van der Waals surface area contributed by atoms with E-state index in [9.17, 15) is 13.5 Å². The number of ether oxygens (including phenoxy) is 1. The van der Waals surface area contributed by atoms with E-state index in [1.807, 2.05) is 13.8 Å². The van der Waals surface area contributed by atoms with Gasteiger partial charge in [-0.1, -0.05) is 12.8 Å². The minimum Gasteiger partial charge on any atom is -0.494 e. The van der Waals surface area contributed by atoms with Crippen molar-refractivity contribution in [3.63, 3.8) is 0 Å². The quantitative estimate of drug-likeness (QED) is 0.741. The fourth-order valence-corrected chi connectivity index (χ4v) is 3.42. The van der Waals surface area contributed by atoms with Gasteiger partial charge in [-0.25, -0.2) is 8.42 Å². The number of aliphatic hydroxyl groups is 1. The van der Waals surface area contributed by atoms with Crippen LogP contribution < -0.4 is 4.74 Å². The summed E-state index contributed by atoms with van der Waals surface area (Å²) in [5, 5.41) is 9.36. The summed E-state index contributed by atoms with van der Waals surface area (Å²) in [5.41, 5.74) is 0.440. The highest BCUT2D eigenvalue weighted by Crippen LogP contribution is 2.25. The van der Waals surface area contributed by atoms with Gasteiger partial charge in [-0.15, -0.1) is 6.42 Å². The molecule has 0 saturated heterocycles. The van der Waals surface area contributed by atoms with Gasteiger partial charge < -0.3 is 9.84 Å². The van der Waals surface area contributed by atoms with Gasteiger partial charge in [0.1, 0.15) is 5.75 Å². The molecule has 5 nitrogen and oxygen atoms in total. The Hall–Kier alpha value is -1.55. The predicted octanol–water partition coefficient (Wildman–Crippen LogP) is 1.61. The van der Waals surface area contributed by atoms with Gasteiger partial charge in [-0.2, -0.15) is 4.31 Å². The molecule has 1 N–H and O–H groups in total. The number of hydrogen-bond acceptors (Lipinski definition) is 4. The van der Waals surface area contributed by atoms with Gasteiger partial charge in [0.2, 0.25) is 10.0 Å². The van der Waals surface area contributed by atoms with Crippen LogP contribution in [0.3, 0.4) is 0 Å². The lowest BCUT2D eigenvalue weighted by atomic mass is 10.2. The molecule has 0 amide bonds. The van der Waals surface area contributed by atoms with Gasteiger partial charge in [0.15, 0.2) is 0 Å². The minimum atomic E-state index is -3.67. The highest BCUT2D eigenvalue weighted by atomic mass is 32.2. The van der Waals surface area contributed by atoms with E-state index >= 15 is 0 Å². The van der Waals surface area contributed by atoms with Crippen molar-refractivity contribution in [2.45, 2.75) is 31.8 Å². The van der Waals surface area contributed by atoms with Gasteiger partial charge in [-0.05, 0) is 31.5 Å². The van der Waals surface area contributed by atoms with E-state index in [2.05, 4.69) is 5.92 Å². The summed E-state index contributed by atoms with van der Waals surface area (Å²) >= 11 is 0. The normalized spacial score (nSPS) is 11.4. The second kappa shape index (κ2) is 8.03. The summed E-state index contributed by atoms with van der Waals surface area (Å²) in [5.74, 6) is 2.85. The van der Waals surface area contributed by atoms with Crippen molar-refractivity contribution in [3.8, 4) is 18.1 Å². The molecule has 116 valence electrons. The molecule has 6 heteroatoms. The van der Waals surface area contributed by atoms with Crippen LogP contribution in [-0.2, 0) is 16.6 Å². The van der Waals surface area contributed by atoms with Crippen LogP contribution in [0.5, 0.6) is 5.75 Å². The van der Waals surface area contributed by atoms with Crippen molar-refractivity contribution in [1.29, 1.82) is 0 Å². The van der Waals surface area contributed by atoms with Crippen molar-refractivity contribution in [2.75, 3.05) is 19.7 Å². The molecule has 0 aliphatic rings. The van der Waals surface area contributed by atoms with Crippen molar-refractivity contribution in [1.82, 2.24) is 4.31 Å². The summed E-state index contributed by atoms with van der Waals surface area (Å²) in [7, 11) is -3.67. The van der Waals surface area contributed by atoms with E-state index in [4.69, 9.17) is 11.2 Å². The van der Waals surface area contributed by atoms with Crippen LogP contribution in [0.2, 0.25) is 0 Å². The summed E-state index contributed by atoms with van der Waals surface area (Å²) < 4.78 is 31.7. The van der Waals surface area contributed by atoms with Crippen LogP contribution in [0.1, 0.15) is 25.8 Å². The van der Waals surface area contributed by atoms with E-state index in [0.29, 0.717) is 30.9 Å². The van der Waals surface area contributed by atoms with Crippen LogP contribution in [0.15, 0.2) is 23.1 Å². The predicted molar refractivity (Wildman–Crippen MR) is 81.4 cm³/mol. The second-order valence-corrected chi connectivity index (χ2v) is 6.34. The maximum atomic E-state index is 12.6. The lowest BCUT2D eigenvalue weighted by Gasteiger charge is -2.20. The fourth-order valence-electron chi connectivity index (χ4n) is 1.92. The van der Waals surface area contributed by atoms with E-state index < -0.39 is 10.0 Å². The van der Waals surface area contributed by atoms with Crippen LogP contribution in [-0.4, -0.2) is 37.5 Å². The molecule has 0 aromatic heterocycles. The smallest absolute Gasteiger partial charge is 0.243 e. The molecule has 0 bridgehead atoms.